The first-order valence-electron chi connectivity index (χ1n) is 11.1. The fourth-order valence-corrected chi connectivity index (χ4v) is 6.02. The second-order valence-electron chi connectivity index (χ2n) is 10.7. The van der Waals surface area contributed by atoms with Crippen molar-refractivity contribution in [3.05, 3.63) is 53.3 Å². The molecule has 2 atom stereocenters. The first kappa shape index (κ1) is 21.0. The molecular formula is C25H28F2N4O. The van der Waals surface area contributed by atoms with Crippen molar-refractivity contribution in [3.8, 4) is 11.3 Å². The fraction of sp³-hybridized carbons (Fsp3) is 0.480. The molecule has 0 radical (unpaired) electrons. The third kappa shape index (κ3) is 3.48. The van der Waals surface area contributed by atoms with Crippen LogP contribution in [0.25, 0.3) is 16.9 Å². The van der Waals surface area contributed by atoms with E-state index in [2.05, 4.69) is 30.9 Å². The van der Waals surface area contributed by atoms with Crippen molar-refractivity contribution >= 4 is 11.6 Å². The van der Waals surface area contributed by atoms with Gasteiger partial charge in [0.05, 0.1) is 11.9 Å². The smallest absolute Gasteiger partial charge is 0.280 e. The molecule has 3 heterocycles. The highest BCUT2D eigenvalue weighted by Gasteiger charge is 2.51. The van der Waals surface area contributed by atoms with Crippen LogP contribution in [0, 0.1) is 17.8 Å². The van der Waals surface area contributed by atoms with Crippen LogP contribution in [-0.4, -0.2) is 38.0 Å². The van der Waals surface area contributed by atoms with E-state index in [1.807, 2.05) is 36.1 Å². The van der Waals surface area contributed by atoms with E-state index >= 15 is 0 Å². The quantitative estimate of drug-likeness (QED) is 0.528. The van der Waals surface area contributed by atoms with Crippen LogP contribution in [0.3, 0.4) is 0 Å². The van der Waals surface area contributed by atoms with Gasteiger partial charge in [-0.15, -0.1) is 0 Å². The third-order valence-electron chi connectivity index (χ3n) is 6.98. The maximum Gasteiger partial charge on any atom is 0.280 e. The first-order chi connectivity index (χ1) is 15.1. The highest BCUT2D eigenvalue weighted by atomic mass is 19.3. The third-order valence-corrected chi connectivity index (χ3v) is 6.98. The molecule has 0 N–H and O–H groups in total. The van der Waals surface area contributed by atoms with Crippen LogP contribution in [0.5, 0.6) is 0 Å². The Bertz CT molecular complexity index is 1200. The Morgan fingerprint density at radius 1 is 1.16 bits per heavy atom. The Morgan fingerprint density at radius 2 is 1.88 bits per heavy atom. The topological polar surface area (TPSA) is 50.5 Å². The summed E-state index contributed by atoms with van der Waals surface area (Å²) in [6, 6.07) is 9.05. The van der Waals surface area contributed by atoms with Gasteiger partial charge in [-0.1, -0.05) is 50.6 Å². The molecule has 168 valence electrons. The Kier molecular flexibility index (Phi) is 4.66. The number of benzene rings is 1. The molecule has 1 saturated heterocycles. The van der Waals surface area contributed by atoms with E-state index in [1.54, 1.807) is 0 Å². The van der Waals surface area contributed by atoms with Crippen molar-refractivity contribution in [3.63, 3.8) is 0 Å². The monoisotopic (exact) mass is 438 g/mol. The van der Waals surface area contributed by atoms with Gasteiger partial charge in [-0.2, -0.15) is 5.10 Å². The lowest BCUT2D eigenvalue weighted by Crippen LogP contribution is -2.37. The van der Waals surface area contributed by atoms with Crippen LogP contribution in [0.2, 0.25) is 0 Å². The van der Waals surface area contributed by atoms with Gasteiger partial charge < -0.3 is 4.90 Å². The molecule has 2 fully saturated rings. The minimum absolute atomic E-state index is 0.0830. The number of fused-ring (bicyclic) bond motifs is 3. The Balaban J connectivity index is 1.59. The van der Waals surface area contributed by atoms with E-state index < -0.39 is 6.43 Å². The molecule has 5 rings (SSSR count). The van der Waals surface area contributed by atoms with Crippen LogP contribution in [0.15, 0.2) is 36.5 Å². The van der Waals surface area contributed by atoms with Crippen LogP contribution >= 0.6 is 0 Å². The highest BCUT2D eigenvalue weighted by Crippen LogP contribution is 2.52. The van der Waals surface area contributed by atoms with Crippen molar-refractivity contribution in [2.75, 3.05) is 6.54 Å². The Hall–Kier alpha value is -2.83. The maximum atomic E-state index is 13.9. The molecule has 1 saturated carbocycles. The molecule has 7 heteroatoms. The summed E-state index contributed by atoms with van der Waals surface area (Å²) in [5.41, 5.74) is 2.68. The van der Waals surface area contributed by atoms with Crippen molar-refractivity contribution in [2.45, 2.75) is 59.4 Å². The number of rotatable bonds is 3. The lowest BCUT2D eigenvalue weighted by molar-refractivity contribution is 0.0709. The molecule has 2 aromatic heterocycles. The zero-order valence-electron chi connectivity index (χ0n) is 18.9. The number of alkyl halides is 2. The van der Waals surface area contributed by atoms with Crippen molar-refractivity contribution < 1.29 is 13.6 Å². The van der Waals surface area contributed by atoms with E-state index in [9.17, 15) is 13.6 Å². The second-order valence-corrected chi connectivity index (χ2v) is 10.7. The summed E-state index contributed by atoms with van der Waals surface area (Å²) in [5, 5.41) is 4.14. The zero-order valence-corrected chi connectivity index (χ0v) is 18.9. The summed E-state index contributed by atoms with van der Waals surface area (Å²) in [4.78, 5) is 20.2. The number of likely N-dealkylation sites (tertiary alicyclic amines) is 1. The first-order valence-corrected chi connectivity index (χ1v) is 11.1. The fourth-order valence-electron chi connectivity index (χ4n) is 6.02. The standard InChI is InChI=1S/C25H28F2N4O/c1-15-5-7-16(8-6-15)19-9-20(21(26)27)31-22(29-19)18(12-28-31)23(32)30-14-25(4)11-17(30)10-24(2,3)13-25/h5-9,12,17,21H,10-11,13-14H2,1-4H3/t17-,25-/m1/s1. The number of aromatic nitrogens is 3. The summed E-state index contributed by atoms with van der Waals surface area (Å²) < 4.78 is 28.9. The van der Waals surface area contributed by atoms with Gasteiger partial charge in [-0.05, 0) is 43.1 Å². The molecule has 0 spiro atoms. The molecule has 1 aliphatic carbocycles. The molecule has 5 nitrogen and oxygen atoms in total. The van der Waals surface area contributed by atoms with Gasteiger partial charge in [0.25, 0.3) is 12.3 Å². The van der Waals surface area contributed by atoms with E-state index in [-0.39, 0.29) is 39.7 Å². The highest BCUT2D eigenvalue weighted by molar-refractivity contribution is 6.00. The van der Waals surface area contributed by atoms with Gasteiger partial charge in [0.2, 0.25) is 0 Å². The van der Waals surface area contributed by atoms with Gasteiger partial charge in [0, 0.05) is 18.2 Å². The summed E-state index contributed by atoms with van der Waals surface area (Å²) in [5.74, 6) is -0.166. The maximum absolute atomic E-state index is 13.9. The average molecular weight is 439 g/mol. The summed E-state index contributed by atoms with van der Waals surface area (Å²) in [7, 11) is 0. The molecule has 3 aromatic rings. The van der Waals surface area contributed by atoms with Crippen LogP contribution < -0.4 is 0 Å². The lowest BCUT2D eigenvalue weighted by Gasteiger charge is -2.39. The van der Waals surface area contributed by atoms with Crippen LogP contribution in [0.1, 0.15) is 68.1 Å². The lowest BCUT2D eigenvalue weighted by atomic mass is 9.65. The summed E-state index contributed by atoms with van der Waals surface area (Å²) in [6.45, 7) is 9.40. The predicted molar refractivity (Wildman–Crippen MR) is 119 cm³/mol. The van der Waals surface area contributed by atoms with Gasteiger partial charge >= 0.3 is 0 Å². The van der Waals surface area contributed by atoms with Crippen LogP contribution in [-0.2, 0) is 0 Å². The second kappa shape index (κ2) is 7.09. The number of aryl methyl sites for hydroxylation is 1. The predicted octanol–water partition coefficient (Wildman–Crippen LogP) is 5.68. The minimum Gasteiger partial charge on any atom is -0.335 e. The average Bonchev–Trinajstić information content (AvgIpc) is 3.24. The molecule has 1 aromatic carbocycles. The molecular weight excluding hydrogens is 410 g/mol. The molecule has 2 aliphatic rings. The summed E-state index contributed by atoms with van der Waals surface area (Å²) in [6.07, 6.45) is 1.65. The SMILES string of the molecule is Cc1ccc(-c2cc(C(F)F)n3ncc(C(=O)N4C[C@]5(C)C[C@H]4CC(C)(C)C5)c3n2)cc1. The number of nitrogens with zero attached hydrogens (tertiary/aromatic N) is 4. The Morgan fingerprint density at radius 3 is 2.56 bits per heavy atom. The van der Waals surface area contributed by atoms with E-state index in [1.165, 1.54) is 12.3 Å². The number of hydrogen-bond donors (Lipinski definition) is 0. The largest absolute Gasteiger partial charge is 0.335 e. The number of carbonyl (C=O) groups excluding carboxylic acids is 1. The summed E-state index contributed by atoms with van der Waals surface area (Å²) >= 11 is 0. The van der Waals surface area contributed by atoms with Gasteiger partial charge in [-0.3, -0.25) is 4.79 Å². The van der Waals surface area contributed by atoms with Gasteiger partial charge in [0.15, 0.2) is 5.65 Å². The number of amides is 1. The molecule has 2 bridgehead atoms. The number of halogens is 2. The minimum atomic E-state index is -2.74. The van der Waals surface area contributed by atoms with E-state index in [0.29, 0.717) is 12.2 Å². The molecule has 1 amide bonds. The van der Waals surface area contributed by atoms with Crippen molar-refractivity contribution in [1.29, 1.82) is 0 Å². The molecule has 32 heavy (non-hydrogen) atoms. The van der Waals surface area contributed by atoms with Crippen LogP contribution in [0.4, 0.5) is 8.78 Å². The normalized spacial score (nSPS) is 24.5. The van der Waals surface area contributed by atoms with E-state index in [4.69, 9.17) is 0 Å². The molecule has 1 aliphatic heterocycles. The van der Waals surface area contributed by atoms with Crippen molar-refractivity contribution in [1.82, 2.24) is 19.5 Å². The van der Waals surface area contributed by atoms with Gasteiger partial charge in [-0.25, -0.2) is 18.3 Å². The number of hydrogen-bond acceptors (Lipinski definition) is 3. The zero-order chi connectivity index (χ0) is 22.8. The van der Waals surface area contributed by atoms with E-state index in [0.717, 1.165) is 34.9 Å². The number of carbonyl (C=O) groups is 1. The van der Waals surface area contributed by atoms with Crippen molar-refractivity contribution in [2.24, 2.45) is 10.8 Å². The molecule has 0 unspecified atom stereocenters. The van der Waals surface area contributed by atoms with Gasteiger partial charge in [0.1, 0.15) is 11.3 Å². The Labute approximate surface area is 186 Å².